The maximum absolute atomic E-state index is 5.44. The van der Waals surface area contributed by atoms with Gasteiger partial charge in [0, 0.05) is 20.6 Å². The minimum absolute atomic E-state index is 0.549. The molecule has 4 nitrogen and oxygen atoms in total. The molecular formula is C11H14N2O2. The molecule has 0 aliphatic carbocycles. The van der Waals surface area contributed by atoms with Crippen LogP contribution in [-0.2, 0) is 11.3 Å². The largest absolute Gasteiger partial charge is 0.441 e. The summed E-state index contributed by atoms with van der Waals surface area (Å²) in [5.41, 5.74) is 2.91. The molecule has 0 aliphatic heterocycles. The fourth-order valence-electron chi connectivity index (χ4n) is 1.49. The molecule has 0 radical (unpaired) electrons. The maximum Gasteiger partial charge on any atom is 0.192 e. The number of nitrogens with zero attached hydrogens (tertiary/aromatic N) is 1. The van der Waals surface area contributed by atoms with Gasteiger partial charge in [0.15, 0.2) is 11.5 Å². The monoisotopic (exact) mass is 206 g/mol. The summed E-state index contributed by atoms with van der Waals surface area (Å²) in [7, 11) is 1.66. The second-order valence-electron chi connectivity index (χ2n) is 3.39. The van der Waals surface area contributed by atoms with Gasteiger partial charge in [0.05, 0.1) is 6.73 Å². The minimum Gasteiger partial charge on any atom is -0.441 e. The summed E-state index contributed by atoms with van der Waals surface area (Å²) in [6.45, 7) is 3.17. The van der Waals surface area contributed by atoms with Crippen molar-refractivity contribution >= 4 is 11.1 Å². The Kier molecular flexibility index (Phi) is 2.99. The van der Waals surface area contributed by atoms with Gasteiger partial charge in [-0.15, -0.1) is 0 Å². The van der Waals surface area contributed by atoms with Crippen molar-refractivity contribution in [3.05, 3.63) is 29.7 Å². The van der Waals surface area contributed by atoms with Crippen LogP contribution < -0.4 is 5.32 Å². The Morgan fingerprint density at radius 3 is 3.13 bits per heavy atom. The van der Waals surface area contributed by atoms with Gasteiger partial charge in [0.25, 0.3) is 0 Å². The van der Waals surface area contributed by atoms with E-state index >= 15 is 0 Å². The lowest BCUT2D eigenvalue weighted by molar-refractivity contribution is 0.174. The van der Waals surface area contributed by atoms with Crippen LogP contribution in [0.5, 0.6) is 0 Å². The molecule has 0 fully saturated rings. The minimum atomic E-state index is 0.549. The Morgan fingerprint density at radius 2 is 2.33 bits per heavy atom. The van der Waals surface area contributed by atoms with E-state index in [1.165, 1.54) is 0 Å². The molecule has 4 heteroatoms. The molecule has 0 amide bonds. The molecule has 2 rings (SSSR count). The van der Waals surface area contributed by atoms with Crippen LogP contribution in [0, 0.1) is 6.92 Å². The number of nitrogens with one attached hydrogen (secondary N) is 1. The van der Waals surface area contributed by atoms with Crippen molar-refractivity contribution < 1.29 is 9.15 Å². The van der Waals surface area contributed by atoms with E-state index in [1.807, 2.05) is 25.1 Å². The van der Waals surface area contributed by atoms with Crippen LogP contribution >= 0.6 is 0 Å². The zero-order valence-electron chi connectivity index (χ0n) is 8.91. The van der Waals surface area contributed by atoms with E-state index < -0.39 is 0 Å². The molecule has 0 bridgehead atoms. The summed E-state index contributed by atoms with van der Waals surface area (Å²) in [6, 6.07) is 6.00. The average molecular weight is 206 g/mol. The lowest BCUT2D eigenvalue weighted by atomic mass is 10.2. The molecule has 0 atom stereocenters. The number of rotatable bonds is 4. The van der Waals surface area contributed by atoms with Gasteiger partial charge in [-0.2, -0.15) is 0 Å². The van der Waals surface area contributed by atoms with Gasteiger partial charge in [0.2, 0.25) is 0 Å². The van der Waals surface area contributed by atoms with Crippen LogP contribution in [0.4, 0.5) is 0 Å². The molecule has 2 aromatic rings. The summed E-state index contributed by atoms with van der Waals surface area (Å²) in [5, 5.41) is 3.14. The highest BCUT2D eigenvalue weighted by atomic mass is 16.5. The second kappa shape index (κ2) is 4.42. The second-order valence-corrected chi connectivity index (χ2v) is 3.39. The first-order valence-corrected chi connectivity index (χ1v) is 4.85. The summed E-state index contributed by atoms with van der Waals surface area (Å²) in [4.78, 5) is 4.24. The Morgan fingerprint density at radius 1 is 1.47 bits per heavy atom. The van der Waals surface area contributed by atoms with Crippen LogP contribution in [0.25, 0.3) is 11.1 Å². The van der Waals surface area contributed by atoms with Gasteiger partial charge in [-0.05, 0) is 17.7 Å². The van der Waals surface area contributed by atoms with Crippen LogP contribution in [-0.4, -0.2) is 18.8 Å². The molecule has 1 aromatic heterocycles. The van der Waals surface area contributed by atoms with E-state index in [1.54, 1.807) is 7.11 Å². The number of hydrogen-bond acceptors (Lipinski definition) is 4. The lowest BCUT2D eigenvalue weighted by Crippen LogP contribution is -2.15. The van der Waals surface area contributed by atoms with Crippen LogP contribution in [0.2, 0.25) is 0 Å². The van der Waals surface area contributed by atoms with Gasteiger partial charge < -0.3 is 9.15 Å². The molecular weight excluding hydrogens is 192 g/mol. The summed E-state index contributed by atoms with van der Waals surface area (Å²) < 4.78 is 10.4. The number of ether oxygens (including phenoxy) is 1. The first-order valence-electron chi connectivity index (χ1n) is 4.85. The predicted octanol–water partition coefficient (Wildman–Crippen LogP) is 1.83. The SMILES string of the molecule is COCNCc1ccc2nc(C)oc2c1. The van der Waals surface area contributed by atoms with Crippen molar-refractivity contribution in [1.82, 2.24) is 10.3 Å². The predicted molar refractivity (Wildman–Crippen MR) is 57.5 cm³/mol. The van der Waals surface area contributed by atoms with Crippen molar-refractivity contribution in [2.75, 3.05) is 13.8 Å². The first-order chi connectivity index (χ1) is 7.29. The normalized spacial score (nSPS) is 11.1. The standard InChI is InChI=1S/C11H14N2O2/c1-8-13-10-4-3-9(5-11(10)15-8)6-12-7-14-2/h3-5,12H,6-7H2,1-2H3. The van der Waals surface area contributed by atoms with Crippen LogP contribution in [0.1, 0.15) is 11.5 Å². The number of methoxy groups -OCH3 is 1. The average Bonchev–Trinajstić information content (AvgIpc) is 2.57. The molecule has 15 heavy (non-hydrogen) atoms. The number of aryl methyl sites for hydroxylation is 1. The zero-order valence-corrected chi connectivity index (χ0v) is 8.91. The van der Waals surface area contributed by atoms with Gasteiger partial charge in [0.1, 0.15) is 5.52 Å². The number of fused-ring (bicyclic) bond motifs is 1. The lowest BCUT2D eigenvalue weighted by Gasteiger charge is -2.02. The van der Waals surface area contributed by atoms with Crippen molar-refractivity contribution in [3.8, 4) is 0 Å². The Hall–Kier alpha value is -1.39. The number of hydrogen-bond donors (Lipinski definition) is 1. The smallest absolute Gasteiger partial charge is 0.192 e. The Balaban J connectivity index is 2.15. The van der Waals surface area contributed by atoms with Gasteiger partial charge in [-0.1, -0.05) is 6.07 Å². The molecule has 80 valence electrons. The van der Waals surface area contributed by atoms with Crippen LogP contribution in [0.3, 0.4) is 0 Å². The summed E-state index contributed by atoms with van der Waals surface area (Å²) >= 11 is 0. The number of benzene rings is 1. The topological polar surface area (TPSA) is 47.3 Å². The van der Waals surface area contributed by atoms with E-state index in [0.29, 0.717) is 12.6 Å². The van der Waals surface area contributed by atoms with E-state index in [0.717, 1.165) is 23.2 Å². The van der Waals surface area contributed by atoms with Crippen molar-refractivity contribution in [3.63, 3.8) is 0 Å². The van der Waals surface area contributed by atoms with Crippen molar-refractivity contribution in [2.24, 2.45) is 0 Å². The maximum atomic E-state index is 5.44. The van der Waals surface area contributed by atoms with Crippen LogP contribution in [0.15, 0.2) is 22.6 Å². The van der Waals surface area contributed by atoms with E-state index in [2.05, 4.69) is 10.3 Å². The quantitative estimate of drug-likeness (QED) is 0.612. The third-order valence-corrected chi connectivity index (χ3v) is 2.14. The molecule has 0 aliphatic rings. The van der Waals surface area contributed by atoms with Gasteiger partial charge >= 0.3 is 0 Å². The molecule has 0 spiro atoms. The Labute approximate surface area is 88.3 Å². The summed E-state index contributed by atoms with van der Waals surface area (Å²) in [6.07, 6.45) is 0. The molecule has 0 saturated carbocycles. The van der Waals surface area contributed by atoms with Crippen molar-refractivity contribution in [2.45, 2.75) is 13.5 Å². The molecule has 1 N–H and O–H groups in total. The molecule has 1 heterocycles. The van der Waals surface area contributed by atoms with E-state index in [4.69, 9.17) is 9.15 Å². The zero-order chi connectivity index (χ0) is 10.7. The Bertz CT molecular complexity index is 451. The third kappa shape index (κ3) is 2.34. The first kappa shape index (κ1) is 10.1. The molecule has 0 unspecified atom stereocenters. The highest BCUT2D eigenvalue weighted by Crippen LogP contribution is 2.16. The van der Waals surface area contributed by atoms with Crippen molar-refractivity contribution in [1.29, 1.82) is 0 Å². The highest BCUT2D eigenvalue weighted by Gasteiger charge is 2.02. The van der Waals surface area contributed by atoms with Gasteiger partial charge in [-0.3, -0.25) is 5.32 Å². The molecule has 1 aromatic carbocycles. The fraction of sp³-hybridized carbons (Fsp3) is 0.364. The summed E-state index contributed by atoms with van der Waals surface area (Å²) in [5.74, 6) is 0.701. The molecule has 0 saturated heterocycles. The number of oxazole rings is 1. The highest BCUT2D eigenvalue weighted by molar-refractivity contribution is 5.73. The van der Waals surface area contributed by atoms with Gasteiger partial charge in [-0.25, -0.2) is 4.98 Å². The fourth-order valence-corrected chi connectivity index (χ4v) is 1.49. The van der Waals surface area contributed by atoms with E-state index in [-0.39, 0.29) is 0 Å². The number of aromatic nitrogens is 1. The third-order valence-electron chi connectivity index (χ3n) is 2.14. The van der Waals surface area contributed by atoms with E-state index in [9.17, 15) is 0 Å².